The Hall–Kier alpha value is -1.14. The van der Waals surface area contributed by atoms with Crippen molar-refractivity contribution < 1.29 is 14.3 Å². The van der Waals surface area contributed by atoms with Crippen LogP contribution in [0, 0.1) is 0 Å². The topological polar surface area (TPSA) is 75.9 Å². The van der Waals surface area contributed by atoms with E-state index >= 15 is 0 Å². The Labute approximate surface area is 108 Å². The zero-order valence-electron chi connectivity index (χ0n) is 11.2. The molecule has 18 heavy (non-hydrogen) atoms. The lowest BCUT2D eigenvalue weighted by atomic mass is 10.2. The van der Waals surface area contributed by atoms with Gasteiger partial charge in [0.15, 0.2) is 0 Å². The van der Waals surface area contributed by atoms with Crippen molar-refractivity contribution in [1.82, 2.24) is 9.80 Å². The number of methoxy groups -OCH3 is 1. The number of carbonyl (C=O) groups excluding carboxylic acids is 2. The fraction of sp³-hybridized carbons (Fsp3) is 0.833. The predicted molar refractivity (Wildman–Crippen MR) is 67.9 cm³/mol. The Bertz CT molecular complexity index is 290. The van der Waals surface area contributed by atoms with Gasteiger partial charge in [-0.1, -0.05) is 0 Å². The summed E-state index contributed by atoms with van der Waals surface area (Å²) >= 11 is 0. The quantitative estimate of drug-likeness (QED) is 0.691. The van der Waals surface area contributed by atoms with E-state index in [9.17, 15) is 9.59 Å². The van der Waals surface area contributed by atoms with E-state index in [4.69, 9.17) is 10.5 Å². The first kappa shape index (κ1) is 14.9. The number of nitrogens with two attached hydrogens (primary N) is 1. The molecule has 1 rings (SSSR count). The van der Waals surface area contributed by atoms with Crippen molar-refractivity contribution in [3.05, 3.63) is 0 Å². The zero-order valence-corrected chi connectivity index (χ0v) is 11.2. The number of likely N-dealkylation sites (tertiary alicyclic amines) is 1. The molecule has 0 aromatic carbocycles. The Morgan fingerprint density at radius 2 is 2.00 bits per heavy atom. The van der Waals surface area contributed by atoms with Gasteiger partial charge < -0.3 is 20.3 Å². The third-order valence-electron chi connectivity index (χ3n) is 3.16. The number of likely N-dealkylation sites (N-methyl/N-ethyl adjacent to an activating group) is 1. The molecule has 1 atom stereocenters. The second kappa shape index (κ2) is 7.33. The standard InChI is InChI=1S/C12H23N3O3/c1-14(12(17)10(13)5-8-18-2)9-11(16)15-6-3-4-7-15/h10H,3-9,13H2,1-2H3. The van der Waals surface area contributed by atoms with Crippen LogP contribution < -0.4 is 5.73 Å². The third-order valence-corrected chi connectivity index (χ3v) is 3.16. The van der Waals surface area contributed by atoms with E-state index in [0.717, 1.165) is 25.9 Å². The van der Waals surface area contributed by atoms with E-state index in [1.165, 1.54) is 4.90 Å². The van der Waals surface area contributed by atoms with Gasteiger partial charge in [-0.3, -0.25) is 9.59 Å². The highest BCUT2D eigenvalue weighted by Gasteiger charge is 2.23. The number of amides is 2. The van der Waals surface area contributed by atoms with Crippen LogP contribution in [-0.2, 0) is 14.3 Å². The van der Waals surface area contributed by atoms with Crippen molar-refractivity contribution in [3.8, 4) is 0 Å². The Kier molecular flexibility index (Phi) is 6.07. The van der Waals surface area contributed by atoms with Crippen molar-refractivity contribution in [1.29, 1.82) is 0 Å². The first-order valence-corrected chi connectivity index (χ1v) is 6.33. The highest BCUT2D eigenvalue weighted by atomic mass is 16.5. The first-order valence-electron chi connectivity index (χ1n) is 6.33. The summed E-state index contributed by atoms with van der Waals surface area (Å²) in [6.45, 7) is 2.16. The summed E-state index contributed by atoms with van der Waals surface area (Å²) in [6.07, 6.45) is 2.57. The fourth-order valence-electron chi connectivity index (χ4n) is 2.00. The van der Waals surface area contributed by atoms with Crippen molar-refractivity contribution in [2.45, 2.75) is 25.3 Å². The minimum absolute atomic E-state index is 0.00212. The van der Waals surface area contributed by atoms with Gasteiger partial charge in [0.05, 0.1) is 12.6 Å². The molecule has 1 fully saturated rings. The molecular formula is C12H23N3O3. The van der Waals surface area contributed by atoms with Crippen LogP contribution in [0.4, 0.5) is 0 Å². The second-order valence-corrected chi connectivity index (χ2v) is 4.67. The molecule has 1 aliphatic heterocycles. The van der Waals surface area contributed by atoms with Gasteiger partial charge in [-0.15, -0.1) is 0 Å². The van der Waals surface area contributed by atoms with E-state index in [0.29, 0.717) is 13.0 Å². The SMILES string of the molecule is COCCC(N)C(=O)N(C)CC(=O)N1CCCC1. The lowest BCUT2D eigenvalue weighted by Gasteiger charge is -2.23. The van der Waals surface area contributed by atoms with Crippen molar-refractivity contribution >= 4 is 11.8 Å². The average Bonchev–Trinajstić information content (AvgIpc) is 2.88. The molecule has 0 bridgehead atoms. The van der Waals surface area contributed by atoms with Gasteiger partial charge in [0.25, 0.3) is 0 Å². The van der Waals surface area contributed by atoms with E-state index < -0.39 is 6.04 Å². The average molecular weight is 257 g/mol. The van der Waals surface area contributed by atoms with Crippen LogP contribution in [0.5, 0.6) is 0 Å². The van der Waals surface area contributed by atoms with E-state index in [1.807, 2.05) is 0 Å². The summed E-state index contributed by atoms with van der Waals surface area (Å²) in [5.41, 5.74) is 5.74. The molecule has 0 aromatic rings. The number of hydrogen-bond donors (Lipinski definition) is 1. The number of hydrogen-bond acceptors (Lipinski definition) is 4. The summed E-state index contributed by atoms with van der Waals surface area (Å²) < 4.78 is 4.88. The number of ether oxygens (including phenoxy) is 1. The maximum Gasteiger partial charge on any atom is 0.242 e. The van der Waals surface area contributed by atoms with Gasteiger partial charge in [-0.2, -0.15) is 0 Å². The molecule has 0 radical (unpaired) electrons. The molecule has 0 saturated carbocycles. The lowest BCUT2D eigenvalue weighted by Crippen LogP contribution is -2.46. The van der Waals surface area contributed by atoms with Crippen LogP contribution >= 0.6 is 0 Å². The Balaban J connectivity index is 2.36. The fourth-order valence-corrected chi connectivity index (χ4v) is 2.00. The van der Waals surface area contributed by atoms with Gasteiger partial charge in [-0.05, 0) is 19.3 Å². The van der Waals surface area contributed by atoms with Gasteiger partial charge >= 0.3 is 0 Å². The molecule has 1 unspecified atom stereocenters. The molecule has 0 aliphatic carbocycles. The molecule has 6 heteroatoms. The molecule has 0 spiro atoms. The molecule has 2 amide bonds. The smallest absolute Gasteiger partial charge is 0.242 e. The summed E-state index contributed by atoms with van der Waals surface area (Å²) in [5, 5.41) is 0. The summed E-state index contributed by atoms with van der Waals surface area (Å²) in [4.78, 5) is 26.9. The van der Waals surface area contributed by atoms with Crippen LogP contribution in [-0.4, -0.2) is 68.1 Å². The van der Waals surface area contributed by atoms with Gasteiger partial charge in [0.2, 0.25) is 11.8 Å². The summed E-state index contributed by atoms with van der Waals surface area (Å²) in [6, 6.07) is -0.596. The van der Waals surface area contributed by atoms with Crippen molar-refractivity contribution in [3.63, 3.8) is 0 Å². The maximum absolute atomic E-state index is 11.9. The Morgan fingerprint density at radius 3 is 2.56 bits per heavy atom. The molecule has 6 nitrogen and oxygen atoms in total. The first-order chi connectivity index (χ1) is 8.56. The maximum atomic E-state index is 11.9. The number of carbonyl (C=O) groups is 2. The molecule has 1 saturated heterocycles. The normalized spacial score (nSPS) is 16.7. The van der Waals surface area contributed by atoms with Crippen LogP contribution in [0.1, 0.15) is 19.3 Å². The van der Waals surface area contributed by atoms with Crippen LogP contribution in [0.15, 0.2) is 0 Å². The predicted octanol–water partition coefficient (Wildman–Crippen LogP) is -0.569. The molecular weight excluding hydrogens is 234 g/mol. The lowest BCUT2D eigenvalue weighted by molar-refractivity contribution is -0.139. The summed E-state index contributed by atoms with van der Waals surface area (Å²) in [7, 11) is 3.18. The van der Waals surface area contributed by atoms with Crippen LogP contribution in [0.25, 0.3) is 0 Å². The molecule has 1 aliphatic rings. The van der Waals surface area contributed by atoms with E-state index in [1.54, 1.807) is 19.1 Å². The second-order valence-electron chi connectivity index (χ2n) is 4.67. The zero-order chi connectivity index (χ0) is 13.5. The van der Waals surface area contributed by atoms with E-state index in [2.05, 4.69) is 0 Å². The van der Waals surface area contributed by atoms with Gasteiger partial charge in [0.1, 0.15) is 0 Å². The van der Waals surface area contributed by atoms with Crippen LogP contribution in [0.2, 0.25) is 0 Å². The highest BCUT2D eigenvalue weighted by Crippen LogP contribution is 2.08. The minimum atomic E-state index is -0.596. The van der Waals surface area contributed by atoms with Gasteiger partial charge in [-0.25, -0.2) is 0 Å². The summed E-state index contributed by atoms with van der Waals surface area (Å²) in [5.74, 6) is -0.207. The molecule has 1 heterocycles. The van der Waals surface area contributed by atoms with E-state index in [-0.39, 0.29) is 18.4 Å². The van der Waals surface area contributed by atoms with Crippen LogP contribution in [0.3, 0.4) is 0 Å². The Morgan fingerprint density at radius 1 is 1.39 bits per heavy atom. The molecule has 2 N–H and O–H groups in total. The van der Waals surface area contributed by atoms with Crippen molar-refractivity contribution in [2.24, 2.45) is 5.73 Å². The van der Waals surface area contributed by atoms with Gasteiger partial charge in [0, 0.05) is 33.9 Å². The third kappa shape index (κ3) is 4.27. The monoisotopic (exact) mass is 257 g/mol. The number of rotatable bonds is 6. The minimum Gasteiger partial charge on any atom is -0.385 e. The highest BCUT2D eigenvalue weighted by molar-refractivity contribution is 5.87. The largest absolute Gasteiger partial charge is 0.385 e. The molecule has 0 aromatic heterocycles. The number of nitrogens with zero attached hydrogens (tertiary/aromatic N) is 2. The van der Waals surface area contributed by atoms with Crippen molar-refractivity contribution in [2.75, 3.05) is 40.4 Å². The molecule has 104 valence electrons.